The standard InChI is InChI=1S/C16H29N3O3/c1-3-19(11-15(20)21)14-8-13(9-14)17-16(22)18(2)10-12-6-4-5-7-12/h12-14H,3-11H2,1-2H3,(H,17,22)(H,20,21). The Hall–Kier alpha value is -1.30. The van der Waals surface area contributed by atoms with Crippen molar-refractivity contribution in [2.45, 2.75) is 57.5 Å². The molecule has 0 aromatic rings. The number of carboxylic acids is 1. The van der Waals surface area contributed by atoms with Crippen LogP contribution >= 0.6 is 0 Å². The van der Waals surface area contributed by atoms with Crippen LogP contribution in [0.2, 0.25) is 0 Å². The molecule has 22 heavy (non-hydrogen) atoms. The number of amides is 2. The smallest absolute Gasteiger partial charge is 0.317 e. The van der Waals surface area contributed by atoms with E-state index in [1.807, 2.05) is 18.9 Å². The summed E-state index contributed by atoms with van der Waals surface area (Å²) < 4.78 is 0. The van der Waals surface area contributed by atoms with Gasteiger partial charge in [0, 0.05) is 25.7 Å². The third-order valence-electron chi connectivity index (χ3n) is 5.06. The zero-order valence-corrected chi connectivity index (χ0v) is 13.8. The van der Waals surface area contributed by atoms with Gasteiger partial charge in [0.05, 0.1) is 6.54 Å². The molecule has 6 heteroatoms. The molecule has 0 aromatic heterocycles. The zero-order chi connectivity index (χ0) is 16.1. The Morgan fingerprint density at radius 1 is 1.23 bits per heavy atom. The molecule has 0 heterocycles. The largest absolute Gasteiger partial charge is 0.480 e. The first-order chi connectivity index (χ1) is 10.5. The summed E-state index contributed by atoms with van der Waals surface area (Å²) in [6.07, 6.45) is 6.77. The topological polar surface area (TPSA) is 72.9 Å². The van der Waals surface area contributed by atoms with Crippen molar-refractivity contribution < 1.29 is 14.7 Å². The van der Waals surface area contributed by atoms with Crippen LogP contribution in [0.5, 0.6) is 0 Å². The Balaban J connectivity index is 1.67. The quantitative estimate of drug-likeness (QED) is 0.751. The second-order valence-corrected chi connectivity index (χ2v) is 6.76. The number of nitrogens with zero attached hydrogens (tertiary/aromatic N) is 2. The number of urea groups is 1. The van der Waals surface area contributed by atoms with Crippen LogP contribution in [0.1, 0.15) is 45.4 Å². The van der Waals surface area contributed by atoms with Crippen LogP contribution < -0.4 is 5.32 Å². The van der Waals surface area contributed by atoms with Crippen LogP contribution in [0.4, 0.5) is 4.79 Å². The molecule has 0 radical (unpaired) electrons. The molecule has 0 spiro atoms. The van der Waals surface area contributed by atoms with Crippen molar-refractivity contribution in [2.75, 3.05) is 26.7 Å². The van der Waals surface area contributed by atoms with Gasteiger partial charge >= 0.3 is 12.0 Å². The number of carboxylic acid groups (broad SMARTS) is 1. The Morgan fingerprint density at radius 3 is 2.41 bits per heavy atom. The number of likely N-dealkylation sites (N-methyl/N-ethyl adjacent to an activating group) is 1. The maximum absolute atomic E-state index is 12.2. The fourth-order valence-electron chi connectivity index (χ4n) is 3.62. The molecule has 0 saturated heterocycles. The minimum absolute atomic E-state index is 0.0108. The summed E-state index contributed by atoms with van der Waals surface area (Å²) in [4.78, 5) is 26.7. The van der Waals surface area contributed by atoms with Crippen molar-refractivity contribution in [1.82, 2.24) is 15.1 Å². The molecular weight excluding hydrogens is 282 g/mol. The first kappa shape index (κ1) is 17.1. The van der Waals surface area contributed by atoms with E-state index in [0.29, 0.717) is 5.92 Å². The predicted molar refractivity (Wildman–Crippen MR) is 84.8 cm³/mol. The van der Waals surface area contributed by atoms with Crippen LogP contribution in [0.3, 0.4) is 0 Å². The number of rotatable bonds is 7. The van der Waals surface area contributed by atoms with E-state index in [0.717, 1.165) is 25.9 Å². The number of hydrogen-bond acceptors (Lipinski definition) is 3. The lowest BCUT2D eigenvalue weighted by Crippen LogP contribution is -2.56. The molecule has 0 unspecified atom stereocenters. The average molecular weight is 311 g/mol. The van der Waals surface area contributed by atoms with Crippen molar-refractivity contribution >= 4 is 12.0 Å². The Bertz CT molecular complexity index is 390. The van der Waals surface area contributed by atoms with Crippen molar-refractivity contribution in [2.24, 2.45) is 5.92 Å². The van der Waals surface area contributed by atoms with Crippen molar-refractivity contribution in [1.29, 1.82) is 0 Å². The fraction of sp³-hybridized carbons (Fsp3) is 0.875. The Labute approximate surface area is 132 Å². The maximum atomic E-state index is 12.2. The molecule has 0 aromatic carbocycles. The first-order valence-electron chi connectivity index (χ1n) is 8.47. The molecular formula is C16H29N3O3. The summed E-state index contributed by atoms with van der Waals surface area (Å²) in [5.41, 5.74) is 0. The predicted octanol–water partition coefficient (Wildman–Crippen LogP) is 1.76. The molecule has 2 N–H and O–H groups in total. The monoisotopic (exact) mass is 311 g/mol. The summed E-state index contributed by atoms with van der Waals surface area (Å²) in [5.74, 6) is -0.123. The number of aliphatic carboxylic acids is 1. The van der Waals surface area contributed by atoms with Gasteiger partial charge in [0.2, 0.25) is 0 Å². The summed E-state index contributed by atoms with van der Waals surface area (Å²) in [6.45, 7) is 3.65. The number of carbonyl (C=O) groups is 2. The molecule has 2 amide bonds. The lowest BCUT2D eigenvalue weighted by atomic mass is 9.85. The van der Waals surface area contributed by atoms with Crippen molar-refractivity contribution in [3.05, 3.63) is 0 Å². The lowest BCUT2D eigenvalue weighted by Gasteiger charge is -2.42. The maximum Gasteiger partial charge on any atom is 0.317 e. The minimum Gasteiger partial charge on any atom is -0.480 e. The number of nitrogens with one attached hydrogen (secondary N) is 1. The van der Waals surface area contributed by atoms with E-state index < -0.39 is 5.97 Å². The highest BCUT2D eigenvalue weighted by Gasteiger charge is 2.35. The van der Waals surface area contributed by atoms with Crippen LogP contribution in [0.25, 0.3) is 0 Å². The summed E-state index contributed by atoms with van der Waals surface area (Å²) in [5, 5.41) is 12.0. The summed E-state index contributed by atoms with van der Waals surface area (Å²) in [7, 11) is 1.87. The van der Waals surface area contributed by atoms with E-state index in [-0.39, 0.29) is 24.7 Å². The molecule has 0 aliphatic heterocycles. The van der Waals surface area contributed by atoms with Gasteiger partial charge < -0.3 is 15.3 Å². The highest BCUT2D eigenvalue weighted by atomic mass is 16.4. The summed E-state index contributed by atoms with van der Waals surface area (Å²) >= 11 is 0. The normalized spacial score (nSPS) is 25.0. The van der Waals surface area contributed by atoms with Gasteiger partial charge in [-0.1, -0.05) is 19.8 Å². The van der Waals surface area contributed by atoms with E-state index in [1.54, 1.807) is 4.90 Å². The second kappa shape index (κ2) is 7.81. The molecule has 2 fully saturated rings. The van der Waals surface area contributed by atoms with Crippen LogP contribution in [-0.2, 0) is 4.79 Å². The van der Waals surface area contributed by atoms with Gasteiger partial charge in [-0.15, -0.1) is 0 Å². The second-order valence-electron chi connectivity index (χ2n) is 6.76. The van der Waals surface area contributed by atoms with Crippen molar-refractivity contribution in [3.8, 4) is 0 Å². The lowest BCUT2D eigenvalue weighted by molar-refractivity contribution is -0.139. The van der Waals surface area contributed by atoms with Crippen LogP contribution in [0.15, 0.2) is 0 Å². The fourth-order valence-corrected chi connectivity index (χ4v) is 3.62. The van der Waals surface area contributed by atoms with Crippen LogP contribution in [0, 0.1) is 5.92 Å². The third kappa shape index (κ3) is 4.60. The molecule has 0 bridgehead atoms. The number of hydrogen-bond donors (Lipinski definition) is 2. The van der Waals surface area contributed by atoms with Gasteiger partial charge in [0.25, 0.3) is 0 Å². The van der Waals surface area contributed by atoms with Crippen molar-refractivity contribution in [3.63, 3.8) is 0 Å². The molecule has 2 rings (SSSR count). The SMILES string of the molecule is CCN(CC(=O)O)C1CC(NC(=O)N(C)CC2CCCC2)C1. The van der Waals surface area contributed by atoms with Gasteiger partial charge in [-0.2, -0.15) is 0 Å². The van der Waals surface area contributed by atoms with Gasteiger partial charge in [0.15, 0.2) is 0 Å². The molecule has 2 aliphatic carbocycles. The number of carbonyl (C=O) groups excluding carboxylic acids is 1. The summed E-state index contributed by atoms with van der Waals surface area (Å²) in [6, 6.07) is 0.481. The van der Waals surface area contributed by atoms with E-state index in [1.165, 1.54) is 25.7 Å². The van der Waals surface area contributed by atoms with Gasteiger partial charge in [0.1, 0.15) is 0 Å². The minimum atomic E-state index is -0.786. The molecule has 6 nitrogen and oxygen atoms in total. The Kier molecular flexibility index (Phi) is 6.06. The molecule has 2 saturated carbocycles. The van der Waals surface area contributed by atoms with E-state index in [9.17, 15) is 9.59 Å². The van der Waals surface area contributed by atoms with E-state index in [2.05, 4.69) is 5.32 Å². The first-order valence-corrected chi connectivity index (χ1v) is 8.47. The van der Waals surface area contributed by atoms with Gasteiger partial charge in [-0.25, -0.2) is 4.79 Å². The Morgan fingerprint density at radius 2 is 1.86 bits per heavy atom. The molecule has 2 aliphatic rings. The van der Waals surface area contributed by atoms with E-state index >= 15 is 0 Å². The highest BCUT2D eigenvalue weighted by Crippen LogP contribution is 2.27. The molecule has 126 valence electrons. The van der Waals surface area contributed by atoms with Gasteiger partial charge in [-0.3, -0.25) is 9.69 Å². The molecule has 0 atom stereocenters. The van der Waals surface area contributed by atoms with E-state index in [4.69, 9.17) is 5.11 Å². The van der Waals surface area contributed by atoms with Gasteiger partial charge in [-0.05, 0) is 38.1 Å². The zero-order valence-electron chi connectivity index (χ0n) is 13.8. The van der Waals surface area contributed by atoms with Crippen LogP contribution in [-0.4, -0.2) is 65.7 Å². The highest BCUT2D eigenvalue weighted by molar-refractivity contribution is 5.74. The third-order valence-corrected chi connectivity index (χ3v) is 5.06. The average Bonchev–Trinajstić information content (AvgIpc) is 2.92.